The summed E-state index contributed by atoms with van der Waals surface area (Å²) in [6, 6.07) is 8.09. The molecule has 0 radical (unpaired) electrons. The summed E-state index contributed by atoms with van der Waals surface area (Å²) in [5, 5.41) is 11.0. The Balaban J connectivity index is 2.17. The zero-order valence-electron chi connectivity index (χ0n) is 9.69. The van der Waals surface area contributed by atoms with Crippen molar-refractivity contribution in [1.82, 2.24) is 4.98 Å². The Kier molecular flexibility index (Phi) is 3.06. The first-order valence-corrected chi connectivity index (χ1v) is 6.65. The highest BCUT2D eigenvalue weighted by molar-refractivity contribution is 9.10. The van der Waals surface area contributed by atoms with Crippen LogP contribution in [0.25, 0.3) is 21.9 Å². The van der Waals surface area contributed by atoms with Crippen LogP contribution in [-0.2, 0) is 6.42 Å². The summed E-state index contributed by atoms with van der Waals surface area (Å²) in [5.41, 5.74) is 1.75. The Hall–Kier alpha value is -1.39. The lowest BCUT2D eigenvalue weighted by Crippen LogP contribution is -1.85. The molecule has 0 atom stereocenters. The van der Waals surface area contributed by atoms with Crippen molar-refractivity contribution in [1.29, 1.82) is 0 Å². The molecule has 3 rings (SSSR count). The molecule has 3 nitrogen and oxygen atoms in total. The molecule has 92 valence electrons. The molecule has 4 heteroatoms. The standard InChI is InChI=1S/C14H12BrNO2/c15-9-3-4-11-12-7-10(2-1-5-17)18-14(12)8-16-13(11)6-9/h3-4,6-8,17H,1-2,5H2. The number of furan rings is 1. The Bertz CT molecular complexity index is 705. The Labute approximate surface area is 113 Å². The van der Waals surface area contributed by atoms with E-state index < -0.39 is 0 Å². The third kappa shape index (κ3) is 2.02. The van der Waals surface area contributed by atoms with Gasteiger partial charge in [0, 0.05) is 28.3 Å². The van der Waals surface area contributed by atoms with Crippen molar-refractivity contribution in [2.75, 3.05) is 6.61 Å². The lowest BCUT2D eigenvalue weighted by molar-refractivity contribution is 0.285. The molecule has 0 aliphatic carbocycles. The van der Waals surface area contributed by atoms with Crippen molar-refractivity contribution in [2.24, 2.45) is 0 Å². The predicted molar refractivity (Wildman–Crippen MR) is 74.6 cm³/mol. The summed E-state index contributed by atoms with van der Waals surface area (Å²) in [5.74, 6) is 0.899. The number of rotatable bonds is 3. The van der Waals surface area contributed by atoms with Gasteiger partial charge in [0.1, 0.15) is 5.76 Å². The van der Waals surface area contributed by atoms with Gasteiger partial charge >= 0.3 is 0 Å². The van der Waals surface area contributed by atoms with Gasteiger partial charge in [0.05, 0.1) is 11.7 Å². The van der Waals surface area contributed by atoms with E-state index in [1.54, 1.807) is 6.20 Å². The molecule has 18 heavy (non-hydrogen) atoms. The van der Waals surface area contributed by atoms with Crippen LogP contribution in [0.3, 0.4) is 0 Å². The van der Waals surface area contributed by atoms with Crippen LogP contribution in [0.15, 0.2) is 39.4 Å². The topological polar surface area (TPSA) is 46.3 Å². The van der Waals surface area contributed by atoms with Gasteiger partial charge in [0.15, 0.2) is 5.58 Å². The SMILES string of the molecule is OCCCc1cc2c(cnc3cc(Br)ccc32)o1. The quantitative estimate of drug-likeness (QED) is 0.803. The fourth-order valence-electron chi connectivity index (χ4n) is 2.11. The molecule has 0 saturated heterocycles. The third-order valence-electron chi connectivity index (χ3n) is 2.96. The molecule has 2 aromatic heterocycles. The maximum absolute atomic E-state index is 8.85. The maximum Gasteiger partial charge on any atom is 0.153 e. The van der Waals surface area contributed by atoms with Gasteiger partial charge in [-0.15, -0.1) is 0 Å². The van der Waals surface area contributed by atoms with Crippen molar-refractivity contribution < 1.29 is 9.52 Å². The van der Waals surface area contributed by atoms with E-state index in [4.69, 9.17) is 9.52 Å². The Morgan fingerprint density at radius 1 is 1.22 bits per heavy atom. The van der Waals surface area contributed by atoms with Crippen molar-refractivity contribution >= 4 is 37.8 Å². The van der Waals surface area contributed by atoms with E-state index >= 15 is 0 Å². The summed E-state index contributed by atoms with van der Waals surface area (Å²) in [7, 11) is 0. The summed E-state index contributed by atoms with van der Waals surface area (Å²) < 4.78 is 6.74. The lowest BCUT2D eigenvalue weighted by atomic mass is 10.1. The van der Waals surface area contributed by atoms with E-state index in [9.17, 15) is 0 Å². The number of hydrogen-bond acceptors (Lipinski definition) is 3. The smallest absolute Gasteiger partial charge is 0.153 e. The van der Waals surface area contributed by atoms with Crippen LogP contribution in [0, 0.1) is 0 Å². The zero-order valence-corrected chi connectivity index (χ0v) is 11.3. The number of aryl methyl sites for hydroxylation is 1. The minimum Gasteiger partial charge on any atom is -0.459 e. The van der Waals surface area contributed by atoms with E-state index in [2.05, 4.69) is 20.9 Å². The number of hydrogen-bond donors (Lipinski definition) is 1. The number of aromatic nitrogens is 1. The highest BCUT2D eigenvalue weighted by Gasteiger charge is 2.08. The summed E-state index contributed by atoms with van der Waals surface area (Å²) >= 11 is 3.44. The van der Waals surface area contributed by atoms with Gasteiger partial charge < -0.3 is 9.52 Å². The number of aliphatic hydroxyl groups excluding tert-OH is 1. The average molecular weight is 306 g/mol. The van der Waals surface area contributed by atoms with Gasteiger partial charge in [-0.25, -0.2) is 0 Å². The molecule has 1 N–H and O–H groups in total. The maximum atomic E-state index is 8.85. The molecular weight excluding hydrogens is 294 g/mol. The number of nitrogens with zero attached hydrogens (tertiary/aromatic N) is 1. The van der Waals surface area contributed by atoms with Gasteiger partial charge in [-0.2, -0.15) is 0 Å². The number of pyridine rings is 1. The van der Waals surface area contributed by atoms with Crippen LogP contribution in [0.4, 0.5) is 0 Å². The average Bonchev–Trinajstić information content (AvgIpc) is 2.79. The summed E-state index contributed by atoms with van der Waals surface area (Å²) in [6.45, 7) is 0.184. The van der Waals surface area contributed by atoms with Gasteiger partial charge in [-0.3, -0.25) is 4.98 Å². The first-order valence-electron chi connectivity index (χ1n) is 5.85. The largest absolute Gasteiger partial charge is 0.459 e. The van der Waals surface area contributed by atoms with E-state index in [-0.39, 0.29) is 6.61 Å². The number of benzene rings is 1. The molecular formula is C14H12BrNO2. The molecule has 1 aromatic carbocycles. The number of aliphatic hydroxyl groups is 1. The molecule has 0 fully saturated rings. The number of fused-ring (bicyclic) bond motifs is 3. The fourth-order valence-corrected chi connectivity index (χ4v) is 2.46. The lowest BCUT2D eigenvalue weighted by Gasteiger charge is -1.98. The van der Waals surface area contributed by atoms with Gasteiger partial charge in [0.25, 0.3) is 0 Å². The highest BCUT2D eigenvalue weighted by atomic mass is 79.9. The first kappa shape index (κ1) is 11.7. The second kappa shape index (κ2) is 4.71. The molecule has 0 spiro atoms. The van der Waals surface area contributed by atoms with E-state index in [1.807, 2.05) is 24.3 Å². The Morgan fingerprint density at radius 2 is 2.11 bits per heavy atom. The van der Waals surface area contributed by atoms with E-state index in [0.29, 0.717) is 0 Å². The monoisotopic (exact) mass is 305 g/mol. The molecule has 0 aliphatic rings. The van der Waals surface area contributed by atoms with Gasteiger partial charge in [-0.05, 0) is 24.6 Å². The summed E-state index contributed by atoms with van der Waals surface area (Å²) in [4.78, 5) is 4.39. The van der Waals surface area contributed by atoms with Gasteiger partial charge in [-0.1, -0.05) is 22.0 Å². The Morgan fingerprint density at radius 3 is 2.94 bits per heavy atom. The van der Waals surface area contributed by atoms with Crippen LogP contribution in [0.1, 0.15) is 12.2 Å². The van der Waals surface area contributed by atoms with Crippen LogP contribution in [0.5, 0.6) is 0 Å². The fraction of sp³-hybridized carbons (Fsp3) is 0.214. The van der Waals surface area contributed by atoms with E-state index in [1.165, 1.54) is 0 Å². The van der Waals surface area contributed by atoms with Crippen molar-refractivity contribution in [3.05, 3.63) is 40.7 Å². The minimum absolute atomic E-state index is 0.184. The second-order valence-electron chi connectivity index (χ2n) is 4.24. The first-order chi connectivity index (χ1) is 8.78. The molecule has 0 bridgehead atoms. The van der Waals surface area contributed by atoms with Crippen LogP contribution >= 0.6 is 15.9 Å². The minimum atomic E-state index is 0.184. The molecule has 2 heterocycles. The molecule has 0 amide bonds. The summed E-state index contributed by atoms with van der Waals surface area (Å²) in [6.07, 6.45) is 3.23. The molecule has 3 aromatic rings. The van der Waals surface area contributed by atoms with Gasteiger partial charge in [0.2, 0.25) is 0 Å². The van der Waals surface area contributed by atoms with Crippen LogP contribution < -0.4 is 0 Å². The van der Waals surface area contributed by atoms with Crippen molar-refractivity contribution in [2.45, 2.75) is 12.8 Å². The van der Waals surface area contributed by atoms with Crippen LogP contribution in [-0.4, -0.2) is 16.7 Å². The second-order valence-corrected chi connectivity index (χ2v) is 5.15. The zero-order chi connectivity index (χ0) is 12.5. The van der Waals surface area contributed by atoms with E-state index in [0.717, 1.165) is 44.9 Å². The molecule has 0 saturated carbocycles. The van der Waals surface area contributed by atoms with Crippen LogP contribution in [0.2, 0.25) is 0 Å². The van der Waals surface area contributed by atoms with Crippen molar-refractivity contribution in [3.63, 3.8) is 0 Å². The molecule has 0 aliphatic heterocycles. The third-order valence-corrected chi connectivity index (χ3v) is 3.46. The predicted octanol–water partition coefficient (Wildman–Crippen LogP) is 3.67. The molecule has 0 unspecified atom stereocenters. The van der Waals surface area contributed by atoms with Crippen molar-refractivity contribution in [3.8, 4) is 0 Å². The number of halogens is 1. The normalized spacial score (nSPS) is 11.4. The highest BCUT2D eigenvalue weighted by Crippen LogP contribution is 2.28.